The summed E-state index contributed by atoms with van der Waals surface area (Å²) in [5.41, 5.74) is 2.56. The van der Waals surface area contributed by atoms with E-state index < -0.39 is 0 Å². The number of carbonyl (C=O) groups is 1. The molecule has 2 aromatic heterocycles. The number of benzene rings is 2. The van der Waals surface area contributed by atoms with Crippen LogP contribution in [0.4, 0.5) is 0 Å². The maximum atomic E-state index is 12.6. The molecule has 7 nitrogen and oxygen atoms in total. The summed E-state index contributed by atoms with van der Waals surface area (Å²) in [6.45, 7) is -0.0317. The highest BCUT2D eigenvalue weighted by Gasteiger charge is 2.19. The molecule has 7 heteroatoms. The number of hydrogen-bond donors (Lipinski definition) is 1. The van der Waals surface area contributed by atoms with E-state index in [9.17, 15) is 4.79 Å². The van der Waals surface area contributed by atoms with Gasteiger partial charge >= 0.3 is 0 Å². The molecule has 0 bridgehead atoms. The van der Waals surface area contributed by atoms with Crippen LogP contribution in [0.25, 0.3) is 11.4 Å². The molecule has 0 aliphatic carbocycles. The van der Waals surface area contributed by atoms with Crippen LogP contribution in [0.5, 0.6) is 0 Å². The molecule has 1 atom stereocenters. The lowest BCUT2D eigenvalue weighted by Gasteiger charge is -2.18. The molecule has 0 spiro atoms. The van der Waals surface area contributed by atoms with Gasteiger partial charge in [0.2, 0.25) is 11.7 Å². The number of hydrogen-bond acceptors (Lipinski definition) is 5. The SMILES string of the molecule is O=C(Cn1nnc(-c2ccccc2)n1)NC(c1ccccc1)c1ccccn1. The third-order valence-corrected chi connectivity index (χ3v) is 4.19. The van der Waals surface area contributed by atoms with Crippen LogP contribution < -0.4 is 5.32 Å². The third-order valence-electron chi connectivity index (χ3n) is 4.19. The minimum absolute atomic E-state index is 0.0317. The standard InChI is InChI=1S/C21H18N6O/c28-19(15-27-25-21(24-26-27)17-11-5-2-6-12-17)23-20(16-9-3-1-4-10-16)18-13-7-8-14-22-18/h1-14,20H,15H2,(H,23,28). The van der Waals surface area contributed by atoms with Gasteiger partial charge in [-0.3, -0.25) is 9.78 Å². The van der Waals surface area contributed by atoms with E-state index in [4.69, 9.17) is 0 Å². The molecule has 0 radical (unpaired) electrons. The molecule has 1 N–H and O–H groups in total. The van der Waals surface area contributed by atoms with Gasteiger partial charge in [0.25, 0.3) is 0 Å². The van der Waals surface area contributed by atoms with Gasteiger partial charge < -0.3 is 5.32 Å². The topological polar surface area (TPSA) is 85.6 Å². The Bertz CT molecular complexity index is 995. The van der Waals surface area contributed by atoms with Crippen molar-refractivity contribution in [2.24, 2.45) is 0 Å². The predicted octanol–water partition coefficient (Wildman–Crippen LogP) is 2.64. The van der Waals surface area contributed by atoms with Crippen molar-refractivity contribution in [2.45, 2.75) is 12.6 Å². The highest BCUT2D eigenvalue weighted by Crippen LogP contribution is 2.20. The van der Waals surface area contributed by atoms with Gasteiger partial charge in [-0.05, 0) is 22.9 Å². The second-order valence-corrected chi connectivity index (χ2v) is 6.18. The lowest BCUT2D eigenvalue weighted by Crippen LogP contribution is -2.33. The number of aromatic nitrogens is 5. The molecule has 4 rings (SSSR count). The molecular weight excluding hydrogens is 352 g/mol. The molecule has 0 aliphatic heterocycles. The highest BCUT2D eigenvalue weighted by atomic mass is 16.2. The monoisotopic (exact) mass is 370 g/mol. The van der Waals surface area contributed by atoms with Crippen LogP contribution >= 0.6 is 0 Å². The van der Waals surface area contributed by atoms with Gasteiger partial charge in [0.1, 0.15) is 6.54 Å². The largest absolute Gasteiger partial charge is 0.342 e. The molecule has 4 aromatic rings. The van der Waals surface area contributed by atoms with Crippen molar-refractivity contribution in [3.63, 3.8) is 0 Å². The van der Waals surface area contributed by atoms with Crippen molar-refractivity contribution in [2.75, 3.05) is 0 Å². The summed E-state index contributed by atoms with van der Waals surface area (Å²) in [6, 6.07) is 24.5. The lowest BCUT2D eigenvalue weighted by atomic mass is 10.0. The van der Waals surface area contributed by atoms with Crippen LogP contribution in [0.15, 0.2) is 85.1 Å². The fourth-order valence-electron chi connectivity index (χ4n) is 2.87. The number of nitrogens with zero attached hydrogens (tertiary/aromatic N) is 5. The van der Waals surface area contributed by atoms with E-state index in [0.717, 1.165) is 16.8 Å². The Morgan fingerprint density at radius 1 is 0.929 bits per heavy atom. The minimum atomic E-state index is -0.355. The smallest absolute Gasteiger partial charge is 0.244 e. The van der Waals surface area contributed by atoms with Gasteiger partial charge in [-0.25, -0.2) is 0 Å². The Hall–Kier alpha value is -3.87. The van der Waals surface area contributed by atoms with E-state index in [1.54, 1.807) is 6.20 Å². The maximum Gasteiger partial charge on any atom is 0.244 e. The molecule has 2 aromatic carbocycles. The third kappa shape index (κ3) is 4.09. The van der Waals surface area contributed by atoms with Gasteiger partial charge in [0.05, 0.1) is 11.7 Å². The summed E-state index contributed by atoms with van der Waals surface area (Å²) in [6.07, 6.45) is 1.71. The molecule has 0 saturated heterocycles. The Morgan fingerprint density at radius 3 is 2.36 bits per heavy atom. The molecular formula is C21H18N6O. The summed E-state index contributed by atoms with van der Waals surface area (Å²) in [5.74, 6) is 0.259. The molecule has 0 fully saturated rings. The van der Waals surface area contributed by atoms with Gasteiger partial charge in [-0.1, -0.05) is 66.7 Å². The number of rotatable bonds is 6. The molecule has 28 heavy (non-hydrogen) atoms. The Balaban J connectivity index is 1.50. The van der Waals surface area contributed by atoms with Gasteiger partial charge in [0.15, 0.2) is 0 Å². The summed E-state index contributed by atoms with van der Waals surface area (Å²) >= 11 is 0. The highest BCUT2D eigenvalue weighted by molar-refractivity contribution is 5.76. The zero-order valence-corrected chi connectivity index (χ0v) is 15.0. The zero-order chi connectivity index (χ0) is 19.2. The number of amides is 1. The van der Waals surface area contributed by atoms with Gasteiger partial charge in [0, 0.05) is 11.8 Å². The van der Waals surface area contributed by atoms with Crippen LogP contribution in [0.1, 0.15) is 17.3 Å². The minimum Gasteiger partial charge on any atom is -0.342 e. The lowest BCUT2D eigenvalue weighted by molar-refractivity contribution is -0.122. The van der Waals surface area contributed by atoms with Crippen LogP contribution in [0, 0.1) is 0 Å². The van der Waals surface area contributed by atoms with E-state index in [-0.39, 0.29) is 18.5 Å². The zero-order valence-electron chi connectivity index (χ0n) is 15.0. The Morgan fingerprint density at radius 2 is 1.64 bits per heavy atom. The molecule has 2 heterocycles. The van der Waals surface area contributed by atoms with Crippen LogP contribution in [0.3, 0.4) is 0 Å². The summed E-state index contributed by atoms with van der Waals surface area (Å²) < 4.78 is 0. The second-order valence-electron chi connectivity index (χ2n) is 6.18. The van der Waals surface area contributed by atoms with Crippen molar-refractivity contribution >= 4 is 5.91 Å². The average molecular weight is 370 g/mol. The molecule has 1 amide bonds. The quantitative estimate of drug-likeness (QED) is 0.564. The second kappa shape index (κ2) is 8.22. The van der Waals surface area contributed by atoms with Crippen molar-refractivity contribution in [1.29, 1.82) is 0 Å². The predicted molar refractivity (Wildman–Crippen MR) is 104 cm³/mol. The average Bonchev–Trinajstić information content (AvgIpc) is 3.22. The molecule has 138 valence electrons. The molecule has 0 aliphatic rings. The fourth-order valence-corrected chi connectivity index (χ4v) is 2.87. The number of pyridine rings is 1. The van der Waals surface area contributed by atoms with Crippen LogP contribution in [0.2, 0.25) is 0 Å². The van der Waals surface area contributed by atoms with Crippen LogP contribution in [-0.4, -0.2) is 31.1 Å². The fraction of sp³-hybridized carbons (Fsp3) is 0.0952. The van der Waals surface area contributed by atoms with Crippen molar-refractivity contribution in [3.05, 3.63) is 96.3 Å². The first-order valence-corrected chi connectivity index (χ1v) is 8.88. The van der Waals surface area contributed by atoms with Crippen LogP contribution in [-0.2, 0) is 11.3 Å². The number of carbonyl (C=O) groups excluding carboxylic acids is 1. The first-order chi connectivity index (χ1) is 13.8. The normalized spacial score (nSPS) is 11.7. The first-order valence-electron chi connectivity index (χ1n) is 8.88. The Labute approximate surface area is 162 Å². The number of nitrogens with one attached hydrogen (secondary N) is 1. The molecule has 1 unspecified atom stereocenters. The van der Waals surface area contributed by atoms with E-state index in [1.165, 1.54) is 4.80 Å². The first kappa shape index (κ1) is 17.5. The molecule has 0 saturated carbocycles. The Kier molecular flexibility index (Phi) is 5.15. The van der Waals surface area contributed by atoms with Crippen molar-refractivity contribution in [1.82, 2.24) is 30.5 Å². The maximum absolute atomic E-state index is 12.6. The summed E-state index contributed by atoms with van der Waals surface area (Å²) in [4.78, 5) is 18.3. The summed E-state index contributed by atoms with van der Waals surface area (Å²) in [7, 11) is 0. The number of tetrazole rings is 1. The van der Waals surface area contributed by atoms with E-state index in [2.05, 4.69) is 25.7 Å². The van der Waals surface area contributed by atoms with Crippen molar-refractivity contribution in [3.8, 4) is 11.4 Å². The van der Waals surface area contributed by atoms with Crippen molar-refractivity contribution < 1.29 is 4.79 Å². The van der Waals surface area contributed by atoms with E-state index in [0.29, 0.717) is 5.82 Å². The van der Waals surface area contributed by atoms with E-state index in [1.807, 2.05) is 78.9 Å². The van der Waals surface area contributed by atoms with Gasteiger partial charge in [-0.15, -0.1) is 10.2 Å². The van der Waals surface area contributed by atoms with Gasteiger partial charge in [-0.2, -0.15) is 4.80 Å². The van der Waals surface area contributed by atoms with E-state index >= 15 is 0 Å². The summed E-state index contributed by atoms with van der Waals surface area (Å²) in [5, 5.41) is 15.3.